The van der Waals surface area contributed by atoms with E-state index in [0.29, 0.717) is 11.3 Å². The smallest absolute Gasteiger partial charge is 0.308 e. The van der Waals surface area contributed by atoms with E-state index in [4.69, 9.17) is 4.74 Å². The van der Waals surface area contributed by atoms with Crippen molar-refractivity contribution in [1.82, 2.24) is 5.32 Å². The highest BCUT2D eigenvalue weighted by Crippen LogP contribution is 2.22. The first-order valence-electron chi connectivity index (χ1n) is 8.37. The fourth-order valence-corrected chi connectivity index (χ4v) is 3.15. The van der Waals surface area contributed by atoms with E-state index in [9.17, 15) is 14.4 Å². The fraction of sp³-hybridized carbons (Fsp3) is 0.150. The SMILES string of the molecule is O=C(COC(=O)CCNC(=O)c1ccsc1)Nc1cccc2ccccc12. The average molecular weight is 382 g/mol. The van der Waals surface area contributed by atoms with Gasteiger partial charge in [-0.15, -0.1) is 0 Å². The van der Waals surface area contributed by atoms with Crippen molar-refractivity contribution in [3.8, 4) is 0 Å². The van der Waals surface area contributed by atoms with E-state index in [1.807, 2.05) is 36.4 Å². The molecule has 1 aromatic heterocycles. The average Bonchev–Trinajstić information content (AvgIpc) is 3.21. The van der Waals surface area contributed by atoms with Gasteiger partial charge < -0.3 is 15.4 Å². The highest BCUT2D eigenvalue weighted by Gasteiger charge is 2.11. The van der Waals surface area contributed by atoms with Gasteiger partial charge in [0.15, 0.2) is 6.61 Å². The Hall–Kier alpha value is -3.19. The van der Waals surface area contributed by atoms with E-state index in [0.717, 1.165) is 10.8 Å². The lowest BCUT2D eigenvalue weighted by Crippen LogP contribution is -2.27. The van der Waals surface area contributed by atoms with Crippen LogP contribution in [0.2, 0.25) is 0 Å². The molecule has 0 aliphatic heterocycles. The molecule has 0 fully saturated rings. The molecule has 3 aromatic rings. The van der Waals surface area contributed by atoms with Crippen LogP contribution in [0.5, 0.6) is 0 Å². The topological polar surface area (TPSA) is 84.5 Å². The van der Waals surface area contributed by atoms with Gasteiger partial charge in [-0.2, -0.15) is 11.3 Å². The number of ether oxygens (including phenoxy) is 1. The number of rotatable bonds is 7. The van der Waals surface area contributed by atoms with Crippen LogP contribution in [0.25, 0.3) is 10.8 Å². The molecule has 2 N–H and O–H groups in total. The van der Waals surface area contributed by atoms with Crippen LogP contribution in [0.3, 0.4) is 0 Å². The number of hydrogen-bond donors (Lipinski definition) is 2. The number of fused-ring (bicyclic) bond motifs is 1. The summed E-state index contributed by atoms with van der Waals surface area (Å²) in [4.78, 5) is 35.5. The van der Waals surface area contributed by atoms with E-state index in [1.54, 1.807) is 22.9 Å². The molecule has 138 valence electrons. The summed E-state index contributed by atoms with van der Waals surface area (Å²) < 4.78 is 4.96. The summed E-state index contributed by atoms with van der Waals surface area (Å²) in [6.45, 7) is -0.223. The highest BCUT2D eigenvalue weighted by molar-refractivity contribution is 7.08. The van der Waals surface area contributed by atoms with E-state index in [2.05, 4.69) is 10.6 Å². The third kappa shape index (κ3) is 5.15. The molecule has 27 heavy (non-hydrogen) atoms. The summed E-state index contributed by atoms with van der Waals surface area (Å²) in [6.07, 6.45) is -0.00255. The van der Waals surface area contributed by atoms with Crippen molar-refractivity contribution in [3.05, 3.63) is 64.9 Å². The molecule has 6 nitrogen and oxygen atoms in total. The van der Waals surface area contributed by atoms with Gasteiger partial charge >= 0.3 is 5.97 Å². The van der Waals surface area contributed by atoms with Gasteiger partial charge in [0.25, 0.3) is 11.8 Å². The molecule has 0 radical (unpaired) electrons. The van der Waals surface area contributed by atoms with E-state index < -0.39 is 11.9 Å². The number of hydrogen-bond acceptors (Lipinski definition) is 5. The lowest BCUT2D eigenvalue weighted by Gasteiger charge is -2.09. The van der Waals surface area contributed by atoms with Gasteiger partial charge in [0.2, 0.25) is 0 Å². The summed E-state index contributed by atoms with van der Waals surface area (Å²) >= 11 is 1.42. The first kappa shape index (κ1) is 18.6. The summed E-state index contributed by atoms with van der Waals surface area (Å²) in [5, 5.41) is 10.8. The number of thiophene rings is 1. The monoisotopic (exact) mass is 382 g/mol. The van der Waals surface area contributed by atoms with Gasteiger partial charge in [0.05, 0.1) is 6.42 Å². The molecule has 1 heterocycles. The molecular formula is C20H18N2O4S. The normalized spacial score (nSPS) is 10.4. The Balaban J connectivity index is 1.42. The minimum absolute atomic E-state index is 0.00255. The second-order valence-electron chi connectivity index (χ2n) is 5.75. The number of carbonyl (C=O) groups is 3. The summed E-state index contributed by atoms with van der Waals surface area (Å²) in [5.74, 6) is -1.20. The Morgan fingerprint density at radius 1 is 1.00 bits per heavy atom. The summed E-state index contributed by atoms with van der Waals surface area (Å²) in [5.41, 5.74) is 1.22. The second-order valence-corrected chi connectivity index (χ2v) is 6.53. The van der Waals surface area contributed by atoms with Crippen LogP contribution < -0.4 is 10.6 Å². The predicted molar refractivity (Wildman–Crippen MR) is 105 cm³/mol. The van der Waals surface area contributed by atoms with Crippen LogP contribution in [-0.4, -0.2) is 30.9 Å². The van der Waals surface area contributed by atoms with Crippen molar-refractivity contribution in [2.24, 2.45) is 0 Å². The van der Waals surface area contributed by atoms with Gasteiger partial charge in [-0.3, -0.25) is 14.4 Å². The molecule has 0 atom stereocenters. The molecule has 0 saturated heterocycles. The molecule has 0 unspecified atom stereocenters. The quantitative estimate of drug-likeness (QED) is 0.615. The standard InChI is InChI=1S/C20H18N2O4S/c23-18(22-17-7-3-5-14-4-1-2-6-16(14)17)12-26-19(24)8-10-21-20(25)15-9-11-27-13-15/h1-7,9,11,13H,8,10,12H2,(H,21,25)(H,22,23). The molecule has 2 amide bonds. The van der Waals surface area contributed by atoms with Gasteiger partial charge in [0.1, 0.15) is 0 Å². The third-order valence-corrected chi connectivity index (χ3v) is 4.51. The molecule has 2 aromatic carbocycles. The molecule has 7 heteroatoms. The minimum Gasteiger partial charge on any atom is -0.456 e. The number of nitrogens with one attached hydrogen (secondary N) is 2. The second kappa shape index (κ2) is 8.95. The van der Waals surface area contributed by atoms with Crippen molar-refractivity contribution >= 4 is 45.6 Å². The number of anilines is 1. The van der Waals surface area contributed by atoms with Crippen LogP contribution in [0.15, 0.2) is 59.3 Å². The van der Waals surface area contributed by atoms with E-state index in [-0.39, 0.29) is 25.5 Å². The Labute approximate surface area is 160 Å². The third-order valence-electron chi connectivity index (χ3n) is 3.83. The zero-order valence-corrected chi connectivity index (χ0v) is 15.3. The number of carbonyl (C=O) groups excluding carboxylic acids is 3. The maximum atomic E-state index is 12.0. The lowest BCUT2D eigenvalue weighted by molar-refractivity contribution is -0.147. The van der Waals surface area contributed by atoms with Crippen molar-refractivity contribution in [3.63, 3.8) is 0 Å². The lowest BCUT2D eigenvalue weighted by atomic mass is 10.1. The van der Waals surface area contributed by atoms with Crippen molar-refractivity contribution in [2.75, 3.05) is 18.5 Å². The zero-order valence-electron chi connectivity index (χ0n) is 14.4. The molecule has 0 bridgehead atoms. The van der Waals surface area contributed by atoms with E-state index in [1.165, 1.54) is 11.3 Å². The molecule has 3 rings (SSSR count). The van der Waals surface area contributed by atoms with Crippen LogP contribution in [-0.2, 0) is 14.3 Å². The first-order chi connectivity index (χ1) is 13.1. The Kier molecular flexibility index (Phi) is 6.17. The molecule has 0 aliphatic carbocycles. The number of esters is 1. The minimum atomic E-state index is -0.548. The number of amides is 2. The van der Waals surface area contributed by atoms with Crippen LogP contribution >= 0.6 is 11.3 Å². The van der Waals surface area contributed by atoms with Gasteiger partial charge in [-0.1, -0.05) is 36.4 Å². The molecule has 0 aliphatic rings. The van der Waals surface area contributed by atoms with Crippen molar-refractivity contribution in [1.29, 1.82) is 0 Å². The fourth-order valence-electron chi connectivity index (χ4n) is 2.51. The first-order valence-corrected chi connectivity index (χ1v) is 9.31. The van der Waals surface area contributed by atoms with E-state index >= 15 is 0 Å². The maximum Gasteiger partial charge on any atom is 0.308 e. The van der Waals surface area contributed by atoms with Crippen LogP contribution in [0, 0.1) is 0 Å². The largest absolute Gasteiger partial charge is 0.456 e. The molecular weight excluding hydrogens is 364 g/mol. The highest BCUT2D eigenvalue weighted by atomic mass is 32.1. The van der Waals surface area contributed by atoms with Crippen LogP contribution in [0.1, 0.15) is 16.8 Å². The van der Waals surface area contributed by atoms with Crippen molar-refractivity contribution in [2.45, 2.75) is 6.42 Å². The Morgan fingerprint density at radius 3 is 2.63 bits per heavy atom. The summed E-state index contributed by atoms with van der Waals surface area (Å²) in [6, 6.07) is 15.0. The van der Waals surface area contributed by atoms with Crippen LogP contribution in [0.4, 0.5) is 5.69 Å². The van der Waals surface area contributed by atoms with Gasteiger partial charge in [0, 0.05) is 28.6 Å². The number of benzene rings is 2. The van der Waals surface area contributed by atoms with Gasteiger partial charge in [-0.25, -0.2) is 0 Å². The van der Waals surface area contributed by atoms with Gasteiger partial charge in [-0.05, 0) is 22.9 Å². The Bertz CT molecular complexity index is 948. The Morgan fingerprint density at radius 2 is 1.81 bits per heavy atom. The predicted octanol–water partition coefficient (Wildman–Crippen LogP) is 3.20. The molecule has 0 spiro atoms. The maximum absolute atomic E-state index is 12.0. The van der Waals surface area contributed by atoms with Crippen molar-refractivity contribution < 1.29 is 19.1 Å². The summed E-state index contributed by atoms with van der Waals surface area (Å²) in [7, 11) is 0. The molecule has 0 saturated carbocycles. The zero-order chi connectivity index (χ0) is 19.1.